The van der Waals surface area contributed by atoms with Crippen molar-refractivity contribution in [3.8, 4) is 5.75 Å². The van der Waals surface area contributed by atoms with Gasteiger partial charge in [0, 0.05) is 0 Å². The van der Waals surface area contributed by atoms with Crippen molar-refractivity contribution in [2.75, 3.05) is 6.61 Å². The van der Waals surface area contributed by atoms with Crippen molar-refractivity contribution in [3.63, 3.8) is 0 Å². The molecule has 0 amide bonds. The number of ether oxygens (including phenoxy) is 1. The molecule has 1 rings (SSSR count). The van der Waals surface area contributed by atoms with Gasteiger partial charge in [-0.1, -0.05) is 6.92 Å². The summed E-state index contributed by atoms with van der Waals surface area (Å²) in [4.78, 5) is 20.7. The quantitative estimate of drug-likeness (QED) is 0.715. The molecule has 0 aliphatic rings. The molecule has 1 unspecified atom stereocenters. The summed E-state index contributed by atoms with van der Waals surface area (Å²) >= 11 is 0. The van der Waals surface area contributed by atoms with Gasteiger partial charge in [-0.15, -0.1) is 0 Å². The number of benzene rings is 1. The number of hydrogen-bond acceptors (Lipinski definition) is 5. The maximum atomic E-state index is 11.2. The largest absolute Gasteiger partial charge is 0.508 e. The number of hydrogen-bond donors (Lipinski definition) is 3. The topological polar surface area (TPSA) is 104 Å². The molecule has 1 aromatic carbocycles. The average molecular weight is 270 g/mol. The summed E-state index contributed by atoms with van der Waals surface area (Å²) in [5, 5.41) is 24.7. The molecule has 6 heteroatoms. The molecule has 6 nitrogen and oxygen atoms in total. The predicted molar refractivity (Wildman–Crippen MR) is 68.0 cm³/mol. The molecule has 3 N–H and O–H groups in total. The third-order valence-corrected chi connectivity index (χ3v) is 1.90. The molecular formula is C13H18O6. The Hall–Kier alpha value is -2.08. The first-order valence-corrected chi connectivity index (χ1v) is 5.75. The van der Waals surface area contributed by atoms with Crippen molar-refractivity contribution in [3.05, 3.63) is 29.8 Å². The third kappa shape index (κ3) is 7.77. The third-order valence-electron chi connectivity index (χ3n) is 1.90. The Bertz CT molecular complexity index is 396. The summed E-state index contributed by atoms with van der Waals surface area (Å²) in [5.41, 5.74) is 0.464. The zero-order valence-corrected chi connectivity index (χ0v) is 10.9. The van der Waals surface area contributed by atoms with E-state index in [4.69, 9.17) is 20.1 Å². The lowest BCUT2D eigenvalue weighted by atomic mass is 10.2. The van der Waals surface area contributed by atoms with Crippen LogP contribution >= 0.6 is 0 Å². The van der Waals surface area contributed by atoms with Crippen molar-refractivity contribution in [1.29, 1.82) is 0 Å². The second-order valence-corrected chi connectivity index (χ2v) is 3.70. The highest BCUT2D eigenvalue weighted by atomic mass is 16.5. The Kier molecular flexibility index (Phi) is 7.95. The lowest BCUT2D eigenvalue weighted by Gasteiger charge is -2.02. The number of phenolic OH excluding ortho intramolecular Hbond substituents is 1. The van der Waals surface area contributed by atoms with E-state index in [2.05, 4.69) is 0 Å². The molecule has 0 saturated carbocycles. The highest BCUT2D eigenvalue weighted by Crippen LogP contribution is 2.10. The molecule has 1 atom stereocenters. The number of carboxylic acid groups (broad SMARTS) is 1. The van der Waals surface area contributed by atoms with Gasteiger partial charge in [0.15, 0.2) is 0 Å². The van der Waals surface area contributed by atoms with Crippen molar-refractivity contribution in [2.24, 2.45) is 0 Å². The van der Waals surface area contributed by atoms with Crippen LogP contribution in [0.1, 0.15) is 30.6 Å². The van der Waals surface area contributed by atoms with Crippen LogP contribution in [-0.4, -0.2) is 40.0 Å². The highest BCUT2D eigenvalue weighted by molar-refractivity contribution is 5.89. The molecule has 0 spiro atoms. The van der Waals surface area contributed by atoms with Crippen LogP contribution < -0.4 is 0 Å². The number of carbonyl (C=O) groups is 2. The van der Waals surface area contributed by atoms with Gasteiger partial charge in [-0.2, -0.15) is 0 Å². The molecule has 0 aliphatic carbocycles. The van der Waals surface area contributed by atoms with Gasteiger partial charge in [0.25, 0.3) is 0 Å². The monoisotopic (exact) mass is 270 g/mol. The number of aliphatic hydroxyl groups excluding tert-OH is 1. The Morgan fingerprint density at radius 3 is 2.11 bits per heavy atom. The molecule has 0 saturated heterocycles. The van der Waals surface area contributed by atoms with E-state index in [1.807, 2.05) is 6.92 Å². The van der Waals surface area contributed by atoms with E-state index in [9.17, 15) is 9.59 Å². The number of phenols is 1. The van der Waals surface area contributed by atoms with E-state index in [1.54, 1.807) is 0 Å². The molecule has 1 aromatic rings. The normalized spacial score (nSPS) is 10.9. The minimum Gasteiger partial charge on any atom is -0.508 e. The van der Waals surface area contributed by atoms with Crippen molar-refractivity contribution >= 4 is 11.9 Å². The summed E-state index contributed by atoms with van der Waals surface area (Å²) in [6.07, 6.45) is -0.422. The lowest BCUT2D eigenvalue weighted by molar-refractivity contribution is -0.145. The number of aromatic hydroxyl groups is 1. The fourth-order valence-corrected chi connectivity index (χ4v) is 0.876. The van der Waals surface area contributed by atoms with Gasteiger partial charge in [-0.25, -0.2) is 9.59 Å². The van der Waals surface area contributed by atoms with Crippen molar-refractivity contribution in [2.45, 2.75) is 26.4 Å². The smallest absolute Gasteiger partial charge is 0.338 e. The first kappa shape index (κ1) is 16.9. The van der Waals surface area contributed by atoms with Crippen LogP contribution in [0.4, 0.5) is 0 Å². The first-order valence-electron chi connectivity index (χ1n) is 5.75. The zero-order valence-electron chi connectivity index (χ0n) is 10.9. The molecule has 0 heterocycles. The van der Waals surface area contributed by atoms with Crippen LogP contribution in [0.25, 0.3) is 0 Å². The van der Waals surface area contributed by atoms with Crippen LogP contribution in [0.5, 0.6) is 5.75 Å². The summed E-state index contributed by atoms with van der Waals surface area (Å²) in [6.45, 7) is 3.56. The Morgan fingerprint density at radius 1 is 1.26 bits per heavy atom. The maximum Gasteiger partial charge on any atom is 0.338 e. The molecule has 0 bridgehead atoms. The zero-order chi connectivity index (χ0) is 14.8. The standard InChI is InChI=1S/C10H12O3.C3H6O3/c1-2-7-13-10(12)8-3-5-9(11)6-4-8;1-2(4)3(5)6/h3-6,11H,2,7H2,1H3;2,4H,1H3,(H,5,6). The second kappa shape index (κ2) is 8.93. The Morgan fingerprint density at radius 2 is 1.74 bits per heavy atom. The van der Waals surface area contributed by atoms with Crippen LogP contribution in [-0.2, 0) is 9.53 Å². The van der Waals surface area contributed by atoms with Crippen LogP contribution in [0.2, 0.25) is 0 Å². The van der Waals surface area contributed by atoms with Gasteiger partial charge in [0.05, 0.1) is 12.2 Å². The van der Waals surface area contributed by atoms with Gasteiger partial charge in [-0.3, -0.25) is 0 Å². The number of aliphatic carboxylic acids is 1. The van der Waals surface area contributed by atoms with E-state index in [0.29, 0.717) is 12.2 Å². The first-order chi connectivity index (χ1) is 8.88. The average Bonchev–Trinajstić information content (AvgIpc) is 2.37. The second-order valence-electron chi connectivity index (χ2n) is 3.70. The van der Waals surface area contributed by atoms with Gasteiger partial charge in [0.1, 0.15) is 11.9 Å². The van der Waals surface area contributed by atoms with E-state index in [-0.39, 0.29) is 11.7 Å². The number of rotatable bonds is 4. The fraction of sp³-hybridized carbons (Fsp3) is 0.385. The van der Waals surface area contributed by atoms with Gasteiger partial charge >= 0.3 is 11.9 Å². The van der Waals surface area contributed by atoms with E-state index in [0.717, 1.165) is 6.42 Å². The van der Waals surface area contributed by atoms with E-state index >= 15 is 0 Å². The van der Waals surface area contributed by atoms with Crippen molar-refractivity contribution < 1.29 is 29.6 Å². The van der Waals surface area contributed by atoms with E-state index < -0.39 is 12.1 Å². The molecule has 0 fully saturated rings. The molecule has 0 aromatic heterocycles. The SMILES string of the molecule is CC(O)C(=O)O.CCCOC(=O)c1ccc(O)cc1. The predicted octanol–water partition coefficient (Wildman–Crippen LogP) is 1.41. The van der Waals surface area contributed by atoms with E-state index in [1.165, 1.54) is 31.2 Å². The summed E-state index contributed by atoms with van der Waals surface area (Å²) < 4.78 is 4.90. The highest BCUT2D eigenvalue weighted by Gasteiger charge is 2.05. The fourth-order valence-electron chi connectivity index (χ4n) is 0.876. The summed E-state index contributed by atoms with van der Waals surface area (Å²) in [6, 6.07) is 5.99. The Labute approximate surface area is 111 Å². The number of carbonyl (C=O) groups excluding carboxylic acids is 1. The van der Waals surface area contributed by atoms with Crippen LogP contribution in [0.3, 0.4) is 0 Å². The summed E-state index contributed by atoms with van der Waals surface area (Å²) in [5.74, 6) is -1.39. The number of aliphatic hydroxyl groups is 1. The summed E-state index contributed by atoms with van der Waals surface area (Å²) in [7, 11) is 0. The number of esters is 1. The minimum atomic E-state index is -1.23. The van der Waals surface area contributed by atoms with Gasteiger partial charge in [0.2, 0.25) is 0 Å². The lowest BCUT2D eigenvalue weighted by Crippen LogP contribution is -2.13. The van der Waals surface area contributed by atoms with Crippen molar-refractivity contribution in [1.82, 2.24) is 0 Å². The molecular weight excluding hydrogens is 252 g/mol. The Balaban J connectivity index is 0.000000459. The minimum absolute atomic E-state index is 0.145. The van der Waals surface area contributed by atoms with Crippen LogP contribution in [0.15, 0.2) is 24.3 Å². The number of carboxylic acids is 1. The molecule has 0 radical (unpaired) electrons. The maximum absolute atomic E-state index is 11.2. The molecule has 0 aliphatic heterocycles. The molecule has 19 heavy (non-hydrogen) atoms. The van der Waals surface area contributed by atoms with Gasteiger partial charge in [-0.05, 0) is 37.6 Å². The van der Waals surface area contributed by atoms with Gasteiger partial charge < -0.3 is 20.1 Å². The van der Waals surface area contributed by atoms with Crippen LogP contribution in [0, 0.1) is 0 Å². The molecule has 106 valence electrons.